The Labute approximate surface area is 139 Å². The highest BCUT2D eigenvalue weighted by atomic mass is 16.5. The van der Waals surface area contributed by atoms with E-state index in [2.05, 4.69) is 5.10 Å². The van der Waals surface area contributed by atoms with E-state index in [1.807, 2.05) is 62.5 Å². The zero-order valence-corrected chi connectivity index (χ0v) is 13.8. The molecule has 0 atom stereocenters. The standard InChI is InChI=1S/C19H17N3O2/c1-12-17-18(24-14-10-8-13(23-3)9-11-14)15-6-4-5-7-16(15)20-19(17)22(2)21-12/h4-11H,1-3H3. The number of nitrogens with zero attached hydrogens (tertiary/aromatic N) is 3. The first-order valence-electron chi connectivity index (χ1n) is 7.71. The van der Waals surface area contributed by atoms with Gasteiger partial charge in [0, 0.05) is 12.4 Å². The SMILES string of the molecule is COc1ccc(Oc2c3ccccc3nc3c2c(C)nn3C)cc1. The van der Waals surface area contributed by atoms with Gasteiger partial charge in [-0.1, -0.05) is 12.1 Å². The van der Waals surface area contributed by atoms with Gasteiger partial charge in [0.15, 0.2) is 5.65 Å². The van der Waals surface area contributed by atoms with Gasteiger partial charge in [-0.3, -0.25) is 4.68 Å². The molecule has 2 heterocycles. The summed E-state index contributed by atoms with van der Waals surface area (Å²) in [7, 11) is 3.54. The van der Waals surface area contributed by atoms with Crippen molar-refractivity contribution in [3.05, 3.63) is 54.2 Å². The third kappa shape index (κ3) is 2.25. The average Bonchev–Trinajstić information content (AvgIpc) is 2.89. The number of para-hydroxylation sites is 1. The van der Waals surface area contributed by atoms with E-state index in [0.717, 1.165) is 44.9 Å². The molecular formula is C19H17N3O2. The smallest absolute Gasteiger partial charge is 0.162 e. The van der Waals surface area contributed by atoms with Crippen molar-refractivity contribution in [2.75, 3.05) is 7.11 Å². The molecule has 0 spiro atoms. The van der Waals surface area contributed by atoms with Gasteiger partial charge in [0.25, 0.3) is 0 Å². The number of hydrogen-bond acceptors (Lipinski definition) is 4. The van der Waals surface area contributed by atoms with E-state index in [9.17, 15) is 0 Å². The summed E-state index contributed by atoms with van der Waals surface area (Å²) in [4.78, 5) is 4.73. The van der Waals surface area contributed by atoms with Crippen molar-refractivity contribution in [2.24, 2.45) is 7.05 Å². The highest BCUT2D eigenvalue weighted by Crippen LogP contribution is 2.37. The van der Waals surface area contributed by atoms with Gasteiger partial charge in [0.05, 0.1) is 23.7 Å². The lowest BCUT2D eigenvalue weighted by molar-refractivity contribution is 0.413. The van der Waals surface area contributed by atoms with Crippen LogP contribution in [0.3, 0.4) is 0 Å². The van der Waals surface area contributed by atoms with Crippen molar-refractivity contribution in [1.82, 2.24) is 14.8 Å². The largest absolute Gasteiger partial charge is 0.497 e. The molecule has 0 fully saturated rings. The van der Waals surface area contributed by atoms with Crippen LogP contribution in [0.5, 0.6) is 17.2 Å². The number of fused-ring (bicyclic) bond motifs is 2. The number of aryl methyl sites for hydroxylation is 2. The average molecular weight is 319 g/mol. The molecule has 0 radical (unpaired) electrons. The van der Waals surface area contributed by atoms with E-state index in [1.165, 1.54) is 0 Å². The lowest BCUT2D eigenvalue weighted by atomic mass is 10.1. The molecule has 0 saturated carbocycles. The van der Waals surface area contributed by atoms with Gasteiger partial charge in [0.1, 0.15) is 17.2 Å². The van der Waals surface area contributed by atoms with E-state index in [-0.39, 0.29) is 0 Å². The molecule has 0 aliphatic heterocycles. The Kier molecular flexibility index (Phi) is 3.34. The van der Waals surface area contributed by atoms with Gasteiger partial charge >= 0.3 is 0 Å². The number of rotatable bonds is 3. The Morgan fingerprint density at radius 2 is 1.67 bits per heavy atom. The van der Waals surface area contributed by atoms with E-state index < -0.39 is 0 Å². The van der Waals surface area contributed by atoms with Crippen LogP contribution in [0.15, 0.2) is 48.5 Å². The van der Waals surface area contributed by atoms with Crippen molar-refractivity contribution in [2.45, 2.75) is 6.92 Å². The summed E-state index contributed by atoms with van der Waals surface area (Å²) in [5.41, 5.74) is 2.60. The Balaban J connectivity index is 1.96. The van der Waals surface area contributed by atoms with Crippen molar-refractivity contribution >= 4 is 21.9 Å². The molecule has 0 N–H and O–H groups in total. The van der Waals surface area contributed by atoms with E-state index >= 15 is 0 Å². The van der Waals surface area contributed by atoms with E-state index in [4.69, 9.17) is 14.5 Å². The molecule has 5 heteroatoms. The number of aromatic nitrogens is 3. The highest BCUT2D eigenvalue weighted by molar-refractivity contribution is 6.01. The van der Waals surface area contributed by atoms with Crippen molar-refractivity contribution in [3.63, 3.8) is 0 Å². The monoisotopic (exact) mass is 319 g/mol. The zero-order chi connectivity index (χ0) is 16.7. The van der Waals surface area contributed by atoms with Crippen molar-refractivity contribution in [1.29, 1.82) is 0 Å². The number of methoxy groups -OCH3 is 1. The van der Waals surface area contributed by atoms with Gasteiger partial charge in [-0.05, 0) is 43.3 Å². The summed E-state index contributed by atoms with van der Waals surface area (Å²) in [6.07, 6.45) is 0. The second-order valence-electron chi connectivity index (χ2n) is 5.64. The molecule has 2 aromatic carbocycles. The number of pyridine rings is 1. The fraction of sp³-hybridized carbons (Fsp3) is 0.158. The molecule has 2 aromatic heterocycles. The first kappa shape index (κ1) is 14.5. The normalized spacial score (nSPS) is 11.1. The molecule has 120 valence electrons. The molecule has 4 aromatic rings. The molecule has 0 saturated heterocycles. The molecule has 0 unspecified atom stereocenters. The fourth-order valence-electron chi connectivity index (χ4n) is 2.92. The first-order valence-corrected chi connectivity index (χ1v) is 7.71. The van der Waals surface area contributed by atoms with Crippen molar-refractivity contribution < 1.29 is 9.47 Å². The molecule has 0 aliphatic rings. The van der Waals surface area contributed by atoms with Crippen LogP contribution in [-0.4, -0.2) is 21.9 Å². The van der Waals surface area contributed by atoms with Crippen LogP contribution >= 0.6 is 0 Å². The lowest BCUT2D eigenvalue weighted by Crippen LogP contribution is -1.94. The van der Waals surface area contributed by atoms with Crippen LogP contribution in [0, 0.1) is 6.92 Å². The minimum absolute atomic E-state index is 0.747. The Morgan fingerprint density at radius 3 is 2.42 bits per heavy atom. The maximum absolute atomic E-state index is 6.25. The van der Waals surface area contributed by atoms with E-state index in [1.54, 1.807) is 11.8 Å². The van der Waals surface area contributed by atoms with E-state index in [0.29, 0.717) is 0 Å². The van der Waals surface area contributed by atoms with Crippen LogP contribution in [0.4, 0.5) is 0 Å². The first-order chi connectivity index (χ1) is 11.7. The predicted octanol–water partition coefficient (Wildman–Crippen LogP) is 4.23. The predicted molar refractivity (Wildman–Crippen MR) is 93.8 cm³/mol. The molecule has 0 bridgehead atoms. The Bertz CT molecular complexity index is 1040. The maximum Gasteiger partial charge on any atom is 0.162 e. The minimum Gasteiger partial charge on any atom is -0.497 e. The number of hydrogen-bond donors (Lipinski definition) is 0. The topological polar surface area (TPSA) is 49.2 Å². The summed E-state index contributed by atoms with van der Waals surface area (Å²) in [5.74, 6) is 2.33. The fourth-order valence-corrected chi connectivity index (χ4v) is 2.92. The van der Waals surface area contributed by atoms with Crippen LogP contribution in [-0.2, 0) is 7.05 Å². The third-order valence-electron chi connectivity index (χ3n) is 4.07. The molecule has 0 amide bonds. The second-order valence-corrected chi connectivity index (χ2v) is 5.64. The summed E-state index contributed by atoms with van der Waals surface area (Å²) in [6, 6.07) is 15.5. The Hall–Kier alpha value is -3.08. The summed E-state index contributed by atoms with van der Waals surface area (Å²) < 4.78 is 13.2. The van der Waals surface area contributed by atoms with Crippen molar-refractivity contribution in [3.8, 4) is 17.2 Å². The summed E-state index contributed by atoms with van der Waals surface area (Å²) in [5, 5.41) is 6.40. The zero-order valence-electron chi connectivity index (χ0n) is 13.8. The molecule has 0 aliphatic carbocycles. The molecule has 5 nitrogen and oxygen atoms in total. The number of ether oxygens (including phenoxy) is 2. The van der Waals surface area contributed by atoms with Crippen LogP contribution in [0.25, 0.3) is 21.9 Å². The van der Waals surface area contributed by atoms with Gasteiger partial charge in [-0.15, -0.1) is 0 Å². The maximum atomic E-state index is 6.25. The highest BCUT2D eigenvalue weighted by Gasteiger charge is 2.17. The number of benzene rings is 2. The quantitative estimate of drug-likeness (QED) is 0.567. The summed E-state index contributed by atoms with van der Waals surface area (Å²) in [6.45, 7) is 1.97. The van der Waals surface area contributed by atoms with Crippen LogP contribution in [0.1, 0.15) is 5.69 Å². The van der Waals surface area contributed by atoms with Gasteiger partial charge in [-0.2, -0.15) is 5.10 Å². The second kappa shape index (κ2) is 5.53. The third-order valence-corrected chi connectivity index (χ3v) is 4.07. The van der Waals surface area contributed by atoms with Crippen LogP contribution in [0.2, 0.25) is 0 Å². The van der Waals surface area contributed by atoms with Gasteiger partial charge in [-0.25, -0.2) is 4.98 Å². The lowest BCUT2D eigenvalue weighted by Gasteiger charge is -2.11. The Morgan fingerprint density at radius 1 is 0.958 bits per heavy atom. The molecular weight excluding hydrogens is 302 g/mol. The van der Waals surface area contributed by atoms with Gasteiger partial charge in [0.2, 0.25) is 0 Å². The minimum atomic E-state index is 0.747. The summed E-state index contributed by atoms with van der Waals surface area (Å²) >= 11 is 0. The molecule has 24 heavy (non-hydrogen) atoms. The van der Waals surface area contributed by atoms with Crippen LogP contribution < -0.4 is 9.47 Å². The molecule has 4 rings (SSSR count). The van der Waals surface area contributed by atoms with Gasteiger partial charge < -0.3 is 9.47 Å².